The van der Waals surface area contributed by atoms with Gasteiger partial charge < -0.3 is 5.11 Å². The fourth-order valence-corrected chi connectivity index (χ4v) is 3.58. The van der Waals surface area contributed by atoms with E-state index in [0.29, 0.717) is 0 Å². The summed E-state index contributed by atoms with van der Waals surface area (Å²) in [6.07, 6.45) is -0.769. The van der Waals surface area contributed by atoms with Gasteiger partial charge in [0.15, 0.2) is 0 Å². The van der Waals surface area contributed by atoms with Gasteiger partial charge in [0, 0.05) is 8.95 Å². The third-order valence-electron chi connectivity index (χ3n) is 3.03. The average molecular weight is 388 g/mol. The Balaban J connectivity index is 2.52. The highest BCUT2D eigenvalue weighted by Gasteiger charge is 2.17. The Hall–Kier alpha value is -0.710. The molecule has 0 aromatic heterocycles. The molecule has 0 aliphatic rings. The molecule has 0 aliphatic heterocycles. The highest BCUT2D eigenvalue weighted by molar-refractivity contribution is 9.11. The largest absolute Gasteiger partial charge is 0.384 e. The summed E-state index contributed by atoms with van der Waals surface area (Å²) in [5, 5.41) is 10.5. The summed E-state index contributed by atoms with van der Waals surface area (Å²) in [5.74, 6) is -0.277. The van der Waals surface area contributed by atoms with E-state index >= 15 is 0 Å². The second kappa shape index (κ2) is 5.73. The number of hydrogen-bond donors (Lipinski definition) is 1. The lowest BCUT2D eigenvalue weighted by atomic mass is 9.93. The Labute approximate surface area is 128 Å². The predicted octanol–water partition coefficient (Wildman–Crippen LogP) is 5.05. The van der Waals surface area contributed by atoms with Gasteiger partial charge in [-0.3, -0.25) is 0 Å². The van der Waals surface area contributed by atoms with Crippen molar-refractivity contribution in [2.45, 2.75) is 20.0 Å². The minimum atomic E-state index is -0.769. The van der Waals surface area contributed by atoms with Crippen LogP contribution in [-0.2, 0) is 0 Å². The van der Waals surface area contributed by atoms with Crippen molar-refractivity contribution < 1.29 is 9.50 Å². The summed E-state index contributed by atoms with van der Waals surface area (Å²) in [6.45, 7) is 3.61. The standard InChI is InChI=1S/C15H13Br2FO/c1-8-3-13(18)4-9(2)14(8)15(19)10-5-11(16)7-12(17)6-10/h3-7,15,19H,1-2H3. The van der Waals surface area contributed by atoms with Gasteiger partial charge in [-0.2, -0.15) is 0 Å². The monoisotopic (exact) mass is 386 g/mol. The maximum absolute atomic E-state index is 13.3. The van der Waals surface area contributed by atoms with Gasteiger partial charge in [-0.15, -0.1) is 0 Å². The highest BCUT2D eigenvalue weighted by atomic mass is 79.9. The van der Waals surface area contributed by atoms with Crippen LogP contribution in [0.3, 0.4) is 0 Å². The van der Waals surface area contributed by atoms with E-state index in [-0.39, 0.29) is 5.82 Å². The molecule has 19 heavy (non-hydrogen) atoms. The van der Waals surface area contributed by atoms with E-state index in [1.54, 1.807) is 0 Å². The Morgan fingerprint density at radius 1 is 0.947 bits per heavy atom. The van der Waals surface area contributed by atoms with Crippen LogP contribution in [0, 0.1) is 19.7 Å². The predicted molar refractivity (Wildman–Crippen MR) is 81.8 cm³/mol. The van der Waals surface area contributed by atoms with Crippen LogP contribution in [0.5, 0.6) is 0 Å². The molecule has 1 nitrogen and oxygen atoms in total. The molecule has 0 bridgehead atoms. The molecule has 1 N–H and O–H groups in total. The highest BCUT2D eigenvalue weighted by Crippen LogP contribution is 2.31. The van der Waals surface area contributed by atoms with E-state index in [2.05, 4.69) is 31.9 Å². The van der Waals surface area contributed by atoms with Crippen molar-refractivity contribution >= 4 is 31.9 Å². The van der Waals surface area contributed by atoms with Gasteiger partial charge >= 0.3 is 0 Å². The summed E-state index contributed by atoms with van der Waals surface area (Å²) < 4.78 is 15.1. The Kier molecular flexibility index (Phi) is 4.43. The van der Waals surface area contributed by atoms with Gasteiger partial charge in [-0.1, -0.05) is 31.9 Å². The van der Waals surface area contributed by atoms with Gasteiger partial charge in [0.05, 0.1) is 0 Å². The number of benzene rings is 2. The smallest absolute Gasteiger partial charge is 0.123 e. The fourth-order valence-electron chi connectivity index (χ4n) is 2.25. The Bertz CT molecular complexity index is 582. The van der Waals surface area contributed by atoms with Crippen LogP contribution in [0.4, 0.5) is 4.39 Å². The third-order valence-corrected chi connectivity index (χ3v) is 3.95. The fraction of sp³-hybridized carbons (Fsp3) is 0.200. The number of aliphatic hydroxyl groups excluding tert-OH is 1. The van der Waals surface area contributed by atoms with Gasteiger partial charge in [0.25, 0.3) is 0 Å². The molecule has 4 heteroatoms. The normalized spacial score (nSPS) is 12.5. The van der Waals surface area contributed by atoms with Crippen LogP contribution in [0.1, 0.15) is 28.4 Å². The van der Waals surface area contributed by atoms with E-state index in [1.165, 1.54) is 12.1 Å². The molecule has 2 rings (SSSR count). The average Bonchev–Trinajstić information content (AvgIpc) is 2.25. The number of rotatable bonds is 2. The van der Waals surface area contributed by atoms with Gasteiger partial charge in [0.2, 0.25) is 0 Å². The molecule has 2 aromatic carbocycles. The maximum atomic E-state index is 13.3. The zero-order valence-electron chi connectivity index (χ0n) is 10.5. The number of hydrogen-bond acceptors (Lipinski definition) is 1. The SMILES string of the molecule is Cc1cc(F)cc(C)c1C(O)c1cc(Br)cc(Br)c1. The van der Waals surface area contributed by atoms with Gasteiger partial charge in [-0.05, 0) is 66.4 Å². The molecule has 0 spiro atoms. The lowest BCUT2D eigenvalue weighted by Crippen LogP contribution is -2.05. The first-order valence-electron chi connectivity index (χ1n) is 5.79. The van der Waals surface area contributed by atoms with Crippen LogP contribution >= 0.6 is 31.9 Å². The minimum absolute atomic E-state index is 0.277. The van der Waals surface area contributed by atoms with Crippen LogP contribution in [-0.4, -0.2) is 5.11 Å². The summed E-state index contributed by atoms with van der Waals surface area (Å²) in [6, 6.07) is 8.51. The molecule has 0 saturated carbocycles. The van der Waals surface area contributed by atoms with Crippen molar-refractivity contribution in [3.05, 3.63) is 67.3 Å². The maximum Gasteiger partial charge on any atom is 0.123 e. The Morgan fingerprint density at radius 3 is 1.89 bits per heavy atom. The molecular formula is C15H13Br2FO. The number of aliphatic hydroxyl groups is 1. The lowest BCUT2D eigenvalue weighted by Gasteiger charge is -2.18. The third kappa shape index (κ3) is 3.25. The molecular weight excluding hydrogens is 375 g/mol. The van der Waals surface area contributed by atoms with Crippen molar-refractivity contribution in [1.29, 1.82) is 0 Å². The number of halogens is 3. The number of aryl methyl sites for hydroxylation is 2. The Morgan fingerprint density at radius 2 is 1.42 bits per heavy atom. The summed E-state index contributed by atoms with van der Waals surface area (Å²) in [4.78, 5) is 0. The molecule has 100 valence electrons. The molecule has 0 amide bonds. The topological polar surface area (TPSA) is 20.2 Å². The zero-order chi connectivity index (χ0) is 14.2. The zero-order valence-corrected chi connectivity index (χ0v) is 13.7. The van der Waals surface area contributed by atoms with E-state index in [9.17, 15) is 9.50 Å². The molecule has 1 atom stereocenters. The molecule has 2 aromatic rings. The van der Waals surface area contributed by atoms with E-state index in [4.69, 9.17) is 0 Å². The summed E-state index contributed by atoms with van der Waals surface area (Å²) >= 11 is 6.80. The second-order valence-electron chi connectivity index (χ2n) is 4.56. The molecule has 0 saturated heterocycles. The summed E-state index contributed by atoms with van der Waals surface area (Å²) in [7, 11) is 0. The molecule has 0 aliphatic carbocycles. The van der Waals surface area contributed by atoms with Crippen molar-refractivity contribution in [2.24, 2.45) is 0 Å². The second-order valence-corrected chi connectivity index (χ2v) is 6.39. The molecule has 0 radical (unpaired) electrons. The first kappa shape index (κ1) is 14.7. The first-order chi connectivity index (χ1) is 8.88. The van der Waals surface area contributed by atoms with Gasteiger partial charge in [0.1, 0.15) is 11.9 Å². The van der Waals surface area contributed by atoms with Crippen LogP contribution in [0.2, 0.25) is 0 Å². The minimum Gasteiger partial charge on any atom is -0.384 e. The first-order valence-corrected chi connectivity index (χ1v) is 7.38. The van der Waals surface area contributed by atoms with Crippen molar-refractivity contribution in [3.63, 3.8) is 0 Å². The van der Waals surface area contributed by atoms with E-state index < -0.39 is 6.10 Å². The van der Waals surface area contributed by atoms with Crippen LogP contribution < -0.4 is 0 Å². The van der Waals surface area contributed by atoms with Crippen molar-refractivity contribution in [2.75, 3.05) is 0 Å². The lowest BCUT2D eigenvalue weighted by molar-refractivity contribution is 0.218. The quantitative estimate of drug-likeness (QED) is 0.764. The summed E-state index contributed by atoms with van der Waals surface area (Å²) in [5.41, 5.74) is 3.02. The van der Waals surface area contributed by atoms with Crippen LogP contribution in [0.25, 0.3) is 0 Å². The van der Waals surface area contributed by atoms with Crippen LogP contribution in [0.15, 0.2) is 39.3 Å². The molecule has 0 fully saturated rings. The van der Waals surface area contributed by atoms with E-state index in [0.717, 1.165) is 31.2 Å². The van der Waals surface area contributed by atoms with Crippen molar-refractivity contribution in [3.8, 4) is 0 Å². The molecule has 1 unspecified atom stereocenters. The molecule has 0 heterocycles. The van der Waals surface area contributed by atoms with E-state index in [1.807, 2.05) is 32.0 Å². The van der Waals surface area contributed by atoms with Crippen molar-refractivity contribution in [1.82, 2.24) is 0 Å². The van der Waals surface area contributed by atoms with Gasteiger partial charge in [-0.25, -0.2) is 4.39 Å².